The van der Waals surface area contributed by atoms with Gasteiger partial charge >= 0.3 is 0 Å². The second-order valence-corrected chi connectivity index (χ2v) is 8.62. The molecule has 0 heterocycles. The summed E-state index contributed by atoms with van der Waals surface area (Å²) in [6.07, 6.45) is 5.48. The molecule has 1 aliphatic carbocycles. The fourth-order valence-electron chi connectivity index (χ4n) is 2.82. The van der Waals surface area contributed by atoms with Crippen LogP contribution in [0.25, 0.3) is 0 Å². The van der Waals surface area contributed by atoms with E-state index in [1.165, 1.54) is 0 Å². The summed E-state index contributed by atoms with van der Waals surface area (Å²) >= 11 is 4.97. The van der Waals surface area contributed by atoms with Crippen molar-refractivity contribution in [2.24, 2.45) is 11.7 Å². The van der Waals surface area contributed by atoms with Gasteiger partial charge in [-0.25, -0.2) is 8.42 Å². The van der Waals surface area contributed by atoms with Gasteiger partial charge in [-0.1, -0.05) is 45.8 Å². The number of sulfonamides is 1. The van der Waals surface area contributed by atoms with Crippen LogP contribution in [0.15, 0.2) is 0 Å². The highest BCUT2D eigenvalue weighted by Crippen LogP contribution is 2.28. The number of hydrogen-bond donors (Lipinski definition) is 1. The van der Waals surface area contributed by atoms with Crippen molar-refractivity contribution in [3.05, 3.63) is 0 Å². The largest absolute Gasteiger partial charge is 0.392 e. The quantitative estimate of drug-likeness (QED) is 0.698. The Morgan fingerprint density at radius 1 is 1.35 bits per heavy atom. The fourth-order valence-corrected chi connectivity index (χ4v) is 5.38. The van der Waals surface area contributed by atoms with Gasteiger partial charge in [-0.3, -0.25) is 0 Å². The highest BCUT2D eigenvalue weighted by atomic mass is 32.2. The molecule has 1 aliphatic rings. The van der Waals surface area contributed by atoms with Gasteiger partial charge in [-0.15, -0.1) is 0 Å². The molecule has 2 N–H and O–H groups in total. The number of hydrogen-bond acceptors (Lipinski definition) is 3. The molecule has 0 amide bonds. The van der Waals surface area contributed by atoms with Gasteiger partial charge in [-0.2, -0.15) is 4.31 Å². The van der Waals surface area contributed by atoms with E-state index in [0.29, 0.717) is 18.9 Å². The van der Waals surface area contributed by atoms with Crippen LogP contribution < -0.4 is 5.73 Å². The second-order valence-electron chi connectivity index (χ2n) is 6.08. The van der Waals surface area contributed by atoms with Crippen LogP contribution in [0.1, 0.15) is 59.3 Å². The smallest absolute Gasteiger partial charge is 0.223 e. The predicted molar refractivity (Wildman–Crippen MR) is 88.2 cm³/mol. The van der Waals surface area contributed by atoms with E-state index in [0.717, 1.165) is 32.1 Å². The average Bonchev–Trinajstić information content (AvgIpc) is 2.81. The maximum atomic E-state index is 12.9. The first-order valence-corrected chi connectivity index (χ1v) is 9.51. The SMILES string of the molecule is CCC(C(N)=S)S(=O)(=O)N(CCC(C)C)C1CCCC1. The fraction of sp³-hybridized carbons (Fsp3) is 0.929. The Morgan fingerprint density at radius 3 is 2.30 bits per heavy atom. The molecule has 0 radical (unpaired) electrons. The van der Waals surface area contributed by atoms with Gasteiger partial charge in [0.2, 0.25) is 10.0 Å². The highest BCUT2D eigenvalue weighted by molar-refractivity contribution is 7.92. The van der Waals surface area contributed by atoms with E-state index < -0.39 is 15.3 Å². The van der Waals surface area contributed by atoms with Gasteiger partial charge in [0.1, 0.15) is 5.25 Å². The topological polar surface area (TPSA) is 63.4 Å². The first-order valence-electron chi connectivity index (χ1n) is 7.60. The van der Waals surface area contributed by atoms with Crippen molar-refractivity contribution >= 4 is 27.2 Å². The zero-order valence-corrected chi connectivity index (χ0v) is 14.5. The maximum absolute atomic E-state index is 12.9. The second kappa shape index (κ2) is 7.71. The van der Waals surface area contributed by atoms with E-state index in [-0.39, 0.29) is 11.0 Å². The van der Waals surface area contributed by atoms with Crippen LogP contribution in [0.2, 0.25) is 0 Å². The van der Waals surface area contributed by atoms with Crippen LogP contribution in [-0.2, 0) is 10.0 Å². The summed E-state index contributed by atoms with van der Waals surface area (Å²) in [5.74, 6) is 0.485. The van der Waals surface area contributed by atoms with Crippen molar-refractivity contribution in [3.63, 3.8) is 0 Å². The van der Waals surface area contributed by atoms with E-state index in [9.17, 15) is 8.42 Å². The molecule has 0 spiro atoms. The van der Waals surface area contributed by atoms with Gasteiger partial charge in [0.15, 0.2) is 0 Å². The summed E-state index contributed by atoms with van der Waals surface area (Å²) < 4.78 is 27.4. The first-order chi connectivity index (χ1) is 9.30. The van der Waals surface area contributed by atoms with Crippen molar-refractivity contribution in [1.29, 1.82) is 0 Å². The van der Waals surface area contributed by atoms with Crippen LogP contribution in [0.5, 0.6) is 0 Å². The lowest BCUT2D eigenvalue weighted by atomic mass is 10.1. The molecule has 20 heavy (non-hydrogen) atoms. The normalized spacial score (nSPS) is 18.9. The van der Waals surface area contributed by atoms with Gasteiger partial charge in [0, 0.05) is 12.6 Å². The van der Waals surface area contributed by atoms with Crippen LogP contribution in [0.4, 0.5) is 0 Å². The molecule has 118 valence electrons. The lowest BCUT2D eigenvalue weighted by molar-refractivity contribution is 0.303. The Kier molecular flexibility index (Phi) is 6.88. The third-order valence-corrected chi connectivity index (χ3v) is 6.91. The van der Waals surface area contributed by atoms with E-state index >= 15 is 0 Å². The molecule has 6 heteroatoms. The maximum Gasteiger partial charge on any atom is 0.223 e. The average molecular weight is 321 g/mol. The summed E-state index contributed by atoms with van der Waals surface area (Å²) in [5.41, 5.74) is 5.65. The molecule has 1 atom stereocenters. The predicted octanol–water partition coefficient (Wildman–Crippen LogP) is 2.67. The molecule has 1 fully saturated rings. The Labute approximate surface area is 129 Å². The lowest BCUT2D eigenvalue weighted by Crippen LogP contribution is -2.48. The Morgan fingerprint density at radius 2 is 1.90 bits per heavy atom. The van der Waals surface area contributed by atoms with Gasteiger partial charge < -0.3 is 5.73 Å². The van der Waals surface area contributed by atoms with E-state index in [2.05, 4.69) is 13.8 Å². The third-order valence-electron chi connectivity index (χ3n) is 4.03. The lowest BCUT2D eigenvalue weighted by Gasteiger charge is -2.31. The van der Waals surface area contributed by atoms with E-state index in [1.54, 1.807) is 4.31 Å². The minimum Gasteiger partial charge on any atom is -0.392 e. The Hall–Kier alpha value is -0.200. The van der Waals surface area contributed by atoms with E-state index in [1.807, 2.05) is 6.92 Å². The monoisotopic (exact) mass is 320 g/mol. The van der Waals surface area contributed by atoms with Crippen LogP contribution in [0, 0.1) is 5.92 Å². The molecule has 1 saturated carbocycles. The minimum absolute atomic E-state index is 0.0973. The van der Waals surface area contributed by atoms with Gasteiger partial charge in [0.05, 0.1) is 4.99 Å². The van der Waals surface area contributed by atoms with Crippen molar-refractivity contribution in [3.8, 4) is 0 Å². The zero-order chi connectivity index (χ0) is 15.3. The molecule has 0 aromatic carbocycles. The minimum atomic E-state index is -3.42. The molecule has 0 aliphatic heterocycles. The van der Waals surface area contributed by atoms with Gasteiger partial charge in [0.25, 0.3) is 0 Å². The molecule has 1 unspecified atom stereocenters. The number of rotatable bonds is 8. The van der Waals surface area contributed by atoms with Crippen molar-refractivity contribution in [2.45, 2.75) is 70.6 Å². The van der Waals surface area contributed by atoms with E-state index in [4.69, 9.17) is 18.0 Å². The zero-order valence-electron chi connectivity index (χ0n) is 12.8. The molecule has 4 nitrogen and oxygen atoms in total. The Bertz CT molecular complexity index is 415. The number of nitrogens with zero attached hydrogens (tertiary/aromatic N) is 1. The molecule has 0 aromatic rings. The van der Waals surface area contributed by atoms with Crippen LogP contribution in [0.3, 0.4) is 0 Å². The molecule has 0 bridgehead atoms. The third kappa shape index (κ3) is 4.40. The summed E-state index contributed by atoms with van der Waals surface area (Å²) in [6.45, 7) is 6.65. The summed E-state index contributed by atoms with van der Waals surface area (Å²) in [6, 6.07) is 0.141. The number of nitrogens with two attached hydrogens (primary N) is 1. The Balaban J connectivity index is 2.97. The summed E-state index contributed by atoms with van der Waals surface area (Å²) in [7, 11) is -3.42. The summed E-state index contributed by atoms with van der Waals surface area (Å²) in [4.78, 5) is 0.0973. The van der Waals surface area contributed by atoms with Crippen molar-refractivity contribution in [1.82, 2.24) is 4.31 Å². The standard InChI is InChI=1S/C14H28N2O2S2/c1-4-13(14(15)19)20(17,18)16(10-9-11(2)3)12-7-5-6-8-12/h11-13H,4-10H2,1-3H3,(H2,15,19). The number of thiocarbonyl (C=S) groups is 1. The molecule has 0 aromatic heterocycles. The molecule has 1 rings (SSSR count). The highest BCUT2D eigenvalue weighted by Gasteiger charge is 2.37. The van der Waals surface area contributed by atoms with Crippen LogP contribution in [-0.4, -0.2) is 35.5 Å². The van der Waals surface area contributed by atoms with Gasteiger partial charge in [-0.05, 0) is 31.6 Å². The summed E-state index contributed by atoms with van der Waals surface area (Å²) in [5, 5.41) is -0.717. The molecular weight excluding hydrogens is 292 g/mol. The molecular formula is C14H28N2O2S2. The van der Waals surface area contributed by atoms with Crippen molar-refractivity contribution < 1.29 is 8.42 Å². The first kappa shape index (κ1) is 17.9. The van der Waals surface area contributed by atoms with Crippen molar-refractivity contribution in [2.75, 3.05) is 6.54 Å². The molecule has 0 saturated heterocycles. The van der Waals surface area contributed by atoms with Crippen LogP contribution >= 0.6 is 12.2 Å².